The first-order valence-corrected chi connectivity index (χ1v) is 7.71. The van der Waals surface area contributed by atoms with Crippen molar-refractivity contribution < 1.29 is 4.74 Å². The van der Waals surface area contributed by atoms with Crippen molar-refractivity contribution >= 4 is 10.8 Å². The van der Waals surface area contributed by atoms with Gasteiger partial charge < -0.3 is 4.74 Å². The number of ether oxygens (including phenoxy) is 1. The number of rotatable bonds is 4. The zero-order valence-electron chi connectivity index (χ0n) is 13.1. The molecule has 3 aromatic heterocycles. The lowest BCUT2D eigenvalue weighted by Gasteiger charge is -2.08. The Morgan fingerprint density at radius 1 is 1.00 bits per heavy atom. The molecule has 0 N–H and O–H groups in total. The number of hydrogen-bond donors (Lipinski definition) is 0. The number of fused-ring (bicyclic) bond motifs is 1. The Morgan fingerprint density at radius 2 is 1.83 bits per heavy atom. The van der Waals surface area contributed by atoms with Gasteiger partial charge in [-0.25, -0.2) is 4.68 Å². The molecule has 0 aliphatic rings. The molecule has 0 bridgehead atoms. The Bertz CT molecular complexity index is 981. The first-order valence-electron chi connectivity index (χ1n) is 7.71. The van der Waals surface area contributed by atoms with E-state index in [4.69, 9.17) is 4.74 Å². The van der Waals surface area contributed by atoms with Crippen LogP contribution in [0.4, 0.5) is 0 Å². The molecule has 0 radical (unpaired) electrons. The zero-order valence-corrected chi connectivity index (χ0v) is 13.1. The van der Waals surface area contributed by atoms with Crippen molar-refractivity contribution in [2.45, 2.75) is 6.92 Å². The van der Waals surface area contributed by atoms with Crippen LogP contribution in [0, 0.1) is 0 Å². The minimum Gasteiger partial charge on any atom is -0.476 e. The fraction of sp³-hybridized carbons (Fsp3) is 0.111. The van der Waals surface area contributed by atoms with Gasteiger partial charge in [0.25, 0.3) is 0 Å². The Kier molecular flexibility index (Phi) is 3.63. The van der Waals surface area contributed by atoms with Gasteiger partial charge >= 0.3 is 0 Å². The first-order chi connectivity index (χ1) is 11.9. The van der Waals surface area contributed by atoms with Crippen LogP contribution in [0.15, 0.2) is 61.1 Å². The van der Waals surface area contributed by atoms with E-state index in [-0.39, 0.29) is 0 Å². The summed E-state index contributed by atoms with van der Waals surface area (Å²) in [6.45, 7) is 2.47. The van der Waals surface area contributed by atoms with Gasteiger partial charge in [0.15, 0.2) is 5.82 Å². The summed E-state index contributed by atoms with van der Waals surface area (Å²) >= 11 is 0. The number of pyridine rings is 1. The van der Waals surface area contributed by atoms with E-state index in [0.717, 1.165) is 22.0 Å². The highest BCUT2D eigenvalue weighted by atomic mass is 16.5. The van der Waals surface area contributed by atoms with Crippen LogP contribution >= 0.6 is 0 Å². The summed E-state index contributed by atoms with van der Waals surface area (Å²) < 4.78 is 7.29. The molecular weight excluding hydrogens is 302 g/mol. The maximum atomic E-state index is 5.57. The molecule has 0 spiro atoms. The lowest BCUT2D eigenvalue weighted by molar-refractivity contribution is 0.327. The summed E-state index contributed by atoms with van der Waals surface area (Å²) in [4.78, 5) is 4.35. The van der Waals surface area contributed by atoms with Crippen molar-refractivity contribution in [3.63, 3.8) is 0 Å². The highest BCUT2D eigenvalue weighted by molar-refractivity contribution is 5.91. The third-order valence-corrected chi connectivity index (χ3v) is 3.68. The fourth-order valence-corrected chi connectivity index (χ4v) is 2.58. The van der Waals surface area contributed by atoms with Gasteiger partial charge in [-0.05, 0) is 25.1 Å². The Hall–Kier alpha value is -3.28. The minimum atomic E-state index is 0.536. The lowest BCUT2D eigenvalue weighted by atomic mass is 10.2. The average molecular weight is 317 g/mol. The summed E-state index contributed by atoms with van der Waals surface area (Å²) in [6, 6.07) is 13.7. The van der Waals surface area contributed by atoms with Crippen molar-refractivity contribution in [1.29, 1.82) is 0 Å². The molecule has 4 rings (SSSR count). The molecule has 1 aromatic carbocycles. The van der Waals surface area contributed by atoms with E-state index >= 15 is 0 Å². The summed E-state index contributed by atoms with van der Waals surface area (Å²) in [5, 5.41) is 14.8. The number of aromatic nitrogens is 5. The molecule has 0 saturated carbocycles. The maximum Gasteiger partial charge on any atom is 0.241 e. The topological polar surface area (TPSA) is 65.7 Å². The average Bonchev–Trinajstić information content (AvgIpc) is 3.13. The molecule has 6 heteroatoms. The minimum absolute atomic E-state index is 0.536. The largest absolute Gasteiger partial charge is 0.476 e. The summed E-state index contributed by atoms with van der Waals surface area (Å²) in [5.74, 6) is 1.20. The van der Waals surface area contributed by atoms with Gasteiger partial charge in [-0.2, -0.15) is 5.10 Å². The highest BCUT2D eigenvalue weighted by Gasteiger charge is 2.13. The molecule has 6 nitrogen and oxygen atoms in total. The molecule has 4 aromatic rings. The molecule has 118 valence electrons. The second kappa shape index (κ2) is 6.08. The van der Waals surface area contributed by atoms with Crippen LogP contribution in [0.25, 0.3) is 27.8 Å². The van der Waals surface area contributed by atoms with Crippen LogP contribution in [-0.4, -0.2) is 31.6 Å². The van der Waals surface area contributed by atoms with Gasteiger partial charge in [-0.1, -0.05) is 24.3 Å². The lowest BCUT2D eigenvalue weighted by Crippen LogP contribution is -2.04. The normalized spacial score (nSPS) is 10.9. The van der Waals surface area contributed by atoms with Crippen LogP contribution in [-0.2, 0) is 0 Å². The van der Waals surface area contributed by atoms with Gasteiger partial charge in [0.1, 0.15) is 0 Å². The van der Waals surface area contributed by atoms with E-state index in [2.05, 4.69) is 20.3 Å². The van der Waals surface area contributed by atoms with Gasteiger partial charge in [-0.3, -0.25) is 4.98 Å². The Morgan fingerprint density at radius 3 is 2.62 bits per heavy atom. The van der Waals surface area contributed by atoms with E-state index in [1.165, 1.54) is 0 Å². The molecule has 0 saturated heterocycles. The molecule has 0 fully saturated rings. The van der Waals surface area contributed by atoms with E-state index < -0.39 is 0 Å². The van der Waals surface area contributed by atoms with E-state index in [0.29, 0.717) is 18.3 Å². The van der Waals surface area contributed by atoms with E-state index in [9.17, 15) is 0 Å². The molecule has 0 amide bonds. The van der Waals surface area contributed by atoms with Gasteiger partial charge in [-0.15, -0.1) is 10.2 Å². The van der Waals surface area contributed by atoms with Crippen LogP contribution in [0.1, 0.15) is 6.92 Å². The van der Waals surface area contributed by atoms with Crippen LogP contribution in [0.3, 0.4) is 0 Å². The third-order valence-electron chi connectivity index (χ3n) is 3.68. The molecule has 0 atom stereocenters. The SMILES string of the molecule is CCOc1nnc(-n2cc(-c3ccccn3)cn2)c2ccccc12. The molecular formula is C18H15N5O. The monoisotopic (exact) mass is 317 g/mol. The van der Waals surface area contributed by atoms with Crippen LogP contribution < -0.4 is 4.74 Å². The molecule has 0 aliphatic carbocycles. The summed E-state index contributed by atoms with van der Waals surface area (Å²) in [7, 11) is 0. The summed E-state index contributed by atoms with van der Waals surface area (Å²) in [6.07, 6.45) is 5.44. The predicted octanol–water partition coefficient (Wildman–Crippen LogP) is 3.28. The molecule has 0 aliphatic heterocycles. The molecule has 24 heavy (non-hydrogen) atoms. The van der Waals surface area contributed by atoms with Gasteiger partial charge in [0.2, 0.25) is 5.88 Å². The first kappa shape index (κ1) is 14.3. The second-order valence-electron chi connectivity index (χ2n) is 5.20. The molecule has 0 unspecified atom stereocenters. The van der Waals surface area contributed by atoms with E-state index in [1.54, 1.807) is 17.1 Å². The number of hydrogen-bond acceptors (Lipinski definition) is 5. The smallest absolute Gasteiger partial charge is 0.241 e. The van der Waals surface area contributed by atoms with E-state index in [1.807, 2.05) is 55.6 Å². The van der Waals surface area contributed by atoms with Crippen molar-refractivity contribution in [1.82, 2.24) is 25.0 Å². The van der Waals surface area contributed by atoms with Crippen molar-refractivity contribution in [2.75, 3.05) is 6.61 Å². The maximum absolute atomic E-state index is 5.57. The number of nitrogens with zero attached hydrogens (tertiary/aromatic N) is 5. The predicted molar refractivity (Wildman–Crippen MR) is 91.1 cm³/mol. The Labute approximate surface area is 138 Å². The zero-order chi connectivity index (χ0) is 16.4. The van der Waals surface area contributed by atoms with Gasteiger partial charge in [0.05, 0.1) is 18.5 Å². The molecule has 3 heterocycles. The van der Waals surface area contributed by atoms with Crippen LogP contribution in [0.2, 0.25) is 0 Å². The number of benzene rings is 1. The van der Waals surface area contributed by atoms with Crippen molar-refractivity contribution in [3.8, 4) is 23.0 Å². The summed E-state index contributed by atoms with van der Waals surface area (Å²) in [5.41, 5.74) is 1.79. The second-order valence-corrected chi connectivity index (χ2v) is 5.20. The fourth-order valence-electron chi connectivity index (χ4n) is 2.58. The quantitative estimate of drug-likeness (QED) is 0.578. The standard InChI is InChI=1S/C18H15N5O/c1-2-24-18-15-8-4-3-7-14(15)17(21-22-18)23-12-13(11-20-23)16-9-5-6-10-19-16/h3-12H,2H2,1H3. The van der Waals surface area contributed by atoms with Gasteiger partial charge in [0, 0.05) is 28.7 Å². The van der Waals surface area contributed by atoms with Crippen molar-refractivity contribution in [2.24, 2.45) is 0 Å². The van der Waals surface area contributed by atoms with Crippen LogP contribution in [0.5, 0.6) is 5.88 Å². The van der Waals surface area contributed by atoms with Crippen molar-refractivity contribution in [3.05, 3.63) is 61.1 Å². The Balaban J connectivity index is 1.83. The highest BCUT2D eigenvalue weighted by Crippen LogP contribution is 2.27. The third kappa shape index (κ3) is 2.48.